The molecule has 0 saturated carbocycles. The van der Waals surface area contributed by atoms with Crippen molar-refractivity contribution in [1.29, 1.82) is 0 Å². The van der Waals surface area contributed by atoms with E-state index in [4.69, 9.17) is 14.2 Å². The van der Waals surface area contributed by atoms with Gasteiger partial charge in [-0.1, -0.05) is 247 Å². The second-order valence-electron chi connectivity index (χ2n) is 18.5. The molecular weight excluding hydrogens is 829 g/mol. The summed E-state index contributed by atoms with van der Waals surface area (Å²) in [4.78, 5) is 38.1. The summed E-state index contributed by atoms with van der Waals surface area (Å²) in [5.74, 6) is -0.992. The van der Waals surface area contributed by atoms with Gasteiger partial charge in [-0.15, -0.1) is 0 Å². The molecule has 0 saturated heterocycles. The molecule has 0 rings (SSSR count). The average molecular weight is 933 g/mol. The number of rotatable bonds is 50. The third kappa shape index (κ3) is 53.4. The Morgan fingerprint density at radius 2 is 0.612 bits per heavy atom. The summed E-state index contributed by atoms with van der Waals surface area (Å²) in [6.07, 6.45) is 71.6. The van der Waals surface area contributed by atoms with Crippen molar-refractivity contribution in [2.24, 2.45) is 0 Å². The summed E-state index contributed by atoms with van der Waals surface area (Å²) in [6.45, 7) is 6.44. The van der Waals surface area contributed by atoms with E-state index in [1.54, 1.807) is 0 Å². The van der Waals surface area contributed by atoms with Gasteiger partial charge in [-0.25, -0.2) is 0 Å². The van der Waals surface area contributed by atoms with Gasteiger partial charge < -0.3 is 14.2 Å². The van der Waals surface area contributed by atoms with E-state index in [9.17, 15) is 14.4 Å². The van der Waals surface area contributed by atoms with Crippen molar-refractivity contribution in [1.82, 2.24) is 0 Å². The Morgan fingerprint density at radius 1 is 0.313 bits per heavy atom. The Bertz CT molecular complexity index is 1300. The number of ether oxygens (including phenoxy) is 3. The predicted octanol–water partition coefficient (Wildman–Crippen LogP) is 18.8. The van der Waals surface area contributed by atoms with Crippen LogP contribution in [0.1, 0.15) is 265 Å². The summed E-state index contributed by atoms with van der Waals surface area (Å²) < 4.78 is 16.8. The molecule has 0 aromatic carbocycles. The van der Waals surface area contributed by atoms with E-state index < -0.39 is 6.10 Å². The first-order valence-corrected chi connectivity index (χ1v) is 28.1. The molecule has 0 aliphatic rings. The Hall–Kier alpha value is -3.41. The van der Waals surface area contributed by atoms with E-state index in [0.717, 1.165) is 89.9 Å². The zero-order chi connectivity index (χ0) is 48.6. The van der Waals surface area contributed by atoms with Crippen LogP contribution in [0, 0.1) is 0 Å². The molecule has 0 bridgehead atoms. The van der Waals surface area contributed by atoms with E-state index in [1.165, 1.54) is 128 Å². The molecule has 1 atom stereocenters. The van der Waals surface area contributed by atoms with Crippen LogP contribution in [0.4, 0.5) is 0 Å². The van der Waals surface area contributed by atoms with Crippen molar-refractivity contribution in [3.05, 3.63) is 85.1 Å². The zero-order valence-corrected chi connectivity index (χ0v) is 43.9. The second-order valence-corrected chi connectivity index (χ2v) is 18.5. The summed E-state index contributed by atoms with van der Waals surface area (Å²) in [5, 5.41) is 0. The smallest absolute Gasteiger partial charge is 0.306 e. The molecular formula is C61H104O6. The molecule has 0 aromatic rings. The van der Waals surface area contributed by atoms with Gasteiger partial charge in [0.05, 0.1) is 0 Å². The molecule has 0 aliphatic carbocycles. The van der Waals surface area contributed by atoms with E-state index in [-0.39, 0.29) is 37.5 Å². The fourth-order valence-corrected chi connectivity index (χ4v) is 7.70. The van der Waals surface area contributed by atoms with Gasteiger partial charge in [0, 0.05) is 19.3 Å². The van der Waals surface area contributed by atoms with Crippen molar-refractivity contribution < 1.29 is 28.6 Å². The normalized spacial score (nSPS) is 12.7. The van der Waals surface area contributed by atoms with Gasteiger partial charge in [-0.2, -0.15) is 0 Å². The lowest BCUT2D eigenvalue weighted by Crippen LogP contribution is -2.30. The fourth-order valence-electron chi connectivity index (χ4n) is 7.70. The first-order valence-electron chi connectivity index (χ1n) is 28.1. The van der Waals surface area contributed by atoms with Crippen molar-refractivity contribution >= 4 is 17.9 Å². The van der Waals surface area contributed by atoms with Crippen LogP contribution < -0.4 is 0 Å². The molecule has 384 valence electrons. The molecule has 67 heavy (non-hydrogen) atoms. The van der Waals surface area contributed by atoms with Crippen LogP contribution in [0.5, 0.6) is 0 Å². The molecule has 0 N–H and O–H groups in total. The quantitative estimate of drug-likeness (QED) is 0.0262. The number of hydrogen-bond donors (Lipinski definition) is 0. The lowest BCUT2D eigenvalue weighted by atomic mass is 10.0. The lowest BCUT2D eigenvalue weighted by Gasteiger charge is -2.18. The highest BCUT2D eigenvalue weighted by Crippen LogP contribution is 2.16. The molecule has 0 amide bonds. The largest absolute Gasteiger partial charge is 0.462 e. The Labute approximate surface area is 414 Å². The molecule has 0 aliphatic heterocycles. The average Bonchev–Trinajstić information content (AvgIpc) is 3.33. The van der Waals surface area contributed by atoms with Crippen LogP contribution >= 0.6 is 0 Å². The molecule has 6 heteroatoms. The van der Waals surface area contributed by atoms with Crippen LogP contribution in [0.3, 0.4) is 0 Å². The topological polar surface area (TPSA) is 78.9 Å². The van der Waals surface area contributed by atoms with Crippen LogP contribution in [-0.2, 0) is 28.6 Å². The van der Waals surface area contributed by atoms with Crippen molar-refractivity contribution in [2.45, 2.75) is 271 Å². The number of carbonyl (C=O) groups excluding carboxylic acids is 3. The molecule has 0 heterocycles. The lowest BCUT2D eigenvalue weighted by molar-refractivity contribution is -0.166. The number of esters is 3. The molecule has 6 nitrogen and oxygen atoms in total. The van der Waals surface area contributed by atoms with E-state index in [1.807, 2.05) is 6.08 Å². The van der Waals surface area contributed by atoms with Gasteiger partial charge in [0.1, 0.15) is 13.2 Å². The van der Waals surface area contributed by atoms with Crippen LogP contribution in [-0.4, -0.2) is 37.2 Å². The maximum Gasteiger partial charge on any atom is 0.306 e. The van der Waals surface area contributed by atoms with Crippen LogP contribution in [0.25, 0.3) is 0 Å². The Morgan fingerprint density at radius 3 is 1.03 bits per heavy atom. The van der Waals surface area contributed by atoms with Crippen molar-refractivity contribution in [3.8, 4) is 0 Å². The SMILES string of the molecule is CC/C=C\C/C=C\C/C=C\C/C=C\C/C=C\C/C=C\CCC(=O)OC[C@@H](COC(=O)CCCCCCC/C=C\CCCCC)OC(=O)CCCCCCCCCCCCCCCCCCCC. The predicted molar refractivity (Wildman–Crippen MR) is 288 cm³/mol. The zero-order valence-electron chi connectivity index (χ0n) is 43.9. The number of carbonyl (C=O) groups is 3. The fraction of sp³-hybridized carbons (Fsp3) is 0.721. The minimum atomic E-state index is -0.808. The highest BCUT2D eigenvalue weighted by molar-refractivity contribution is 5.71. The van der Waals surface area contributed by atoms with Crippen molar-refractivity contribution in [2.75, 3.05) is 13.2 Å². The first kappa shape index (κ1) is 63.6. The molecule has 0 aromatic heterocycles. The Balaban J connectivity index is 4.46. The van der Waals surface area contributed by atoms with E-state index in [0.29, 0.717) is 19.3 Å². The van der Waals surface area contributed by atoms with E-state index >= 15 is 0 Å². The maximum atomic E-state index is 12.8. The molecule has 0 unspecified atom stereocenters. The summed E-state index contributed by atoms with van der Waals surface area (Å²) in [7, 11) is 0. The number of allylic oxidation sites excluding steroid dienone is 14. The third-order valence-electron chi connectivity index (χ3n) is 11.9. The van der Waals surface area contributed by atoms with E-state index in [2.05, 4.69) is 99.8 Å². The summed E-state index contributed by atoms with van der Waals surface area (Å²) in [5.41, 5.74) is 0. The molecule has 0 radical (unpaired) electrons. The standard InChI is InChI=1S/C61H104O6/c1-4-7-10-13-16-19-22-25-27-29-31-33-34-36-39-42-45-48-51-54-60(63)66-57-58(56-65-59(62)53-50-47-44-41-38-24-21-18-15-12-9-6-3)67-61(64)55-52-49-46-43-40-37-35-32-30-28-26-23-20-17-14-11-8-5-2/h7,10,16,18-19,21,25,27,31,33,36,39,45,48,58H,4-6,8-9,11-15,17,20,22-24,26,28-30,32,34-35,37-38,40-44,46-47,49-57H2,1-3H3/b10-7-,19-16-,21-18-,27-25-,33-31-,39-36-,48-45-/t58-/m1/s1. The minimum Gasteiger partial charge on any atom is -0.462 e. The Kier molecular flexibility index (Phi) is 52.4. The maximum absolute atomic E-state index is 12.8. The van der Waals surface area contributed by atoms with Crippen molar-refractivity contribution in [3.63, 3.8) is 0 Å². The van der Waals surface area contributed by atoms with Gasteiger partial charge in [-0.3, -0.25) is 14.4 Å². The summed E-state index contributed by atoms with van der Waals surface area (Å²) >= 11 is 0. The molecule has 0 fully saturated rings. The van der Waals surface area contributed by atoms with Gasteiger partial charge in [0.2, 0.25) is 0 Å². The summed E-state index contributed by atoms with van der Waals surface area (Å²) in [6, 6.07) is 0. The second kappa shape index (κ2) is 55.2. The monoisotopic (exact) mass is 933 g/mol. The highest BCUT2D eigenvalue weighted by atomic mass is 16.6. The van der Waals surface area contributed by atoms with Gasteiger partial charge in [0.25, 0.3) is 0 Å². The number of hydrogen-bond acceptors (Lipinski definition) is 6. The van der Waals surface area contributed by atoms with Gasteiger partial charge >= 0.3 is 17.9 Å². The molecule has 0 spiro atoms. The first-order chi connectivity index (χ1) is 33.0. The van der Waals surface area contributed by atoms with Crippen LogP contribution in [0.2, 0.25) is 0 Å². The number of unbranched alkanes of at least 4 members (excludes halogenated alkanes) is 25. The van der Waals surface area contributed by atoms with Crippen LogP contribution in [0.15, 0.2) is 85.1 Å². The van der Waals surface area contributed by atoms with Gasteiger partial charge in [0.15, 0.2) is 6.10 Å². The third-order valence-corrected chi connectivity index (χ3v) is 11.9. The minimum absolute atomic E-state index is 0.102. The van der Waals surface area contributed by atoms with Gasteiger partial charge in [-0.05, 0) is 83.5 Å². The highest BCUT2D eigenvalue weighted by Gasteiger charge is 2.19.